The number of aromatic nitrogens is 4. The largest absolute Gasteiger partial charge is 0.510 e. The van der Waals surface area contributed by atoms with E-state index in [0.717, 1.165) is 55.9 Å². The number of hydrogen-bond acceptors (Lipinski definition) is 2. The van der Waals surface area contributed by atoms with Crippen LogP contribution in [-0.4, -0.2) is 14.1 Å². The van der Waals surface area contributed by atoms with Crippen molar-refractivity contribution in [3.05, 3.63) is 270 Å². The van der Waals surface area contributed by atoms with Gasteiger partial charge in [-0.1, -0.05) is 228 Å². The number of benzene rings is 8. The second-order valence-corrected chi connectivity index (χ2v) is 24.6. The molecule has 79 heavy (non-hydrogen) atoms. The second kappa shape index (κ2) is 20.9. The molecule has 0 aliphatic heterocycles. The molecule has 0 radical (unpaired) electrons. The zero-order valence-corrected chi connectivity index (χ0v) is 49.9. The van der Waals surface area contributed by atoms with Crippen LogP contribution in [0, 0.1) is 18.5 Å². The van der Waals surface area contributed by atoms with Crippen molar-refractivity contribution in [3.63, 3.8) is 0 Å². The number of imidazole rings is 1. The smallest absolute Gasteiger partial charge is 0.267 e. The van der Waals surface area contributed by atoms with E-state index in [1.807, 2.05) is 18.3 Å². The van der Waals surface area contributed by atoms with Crippen molar-refractivity contribution >= 4 is 21.8 Å². The summed E-state index contributed by atoms with van der Waals surface area (Å²) in [4.78, 5) is 5.01. The van der Waals surface area contributed by atoms with Crippen LogP contribution in [0.25, 0.3) is 50.1 Å². The van der Waals surface area contributed by atoms with Crippen LogP contribution in [-0.2, 0) is 48.1 Å². The van der Waals surface area contributed by atoms with Gasteiger partial charge in [-0.3, -0.25) is 4.57 Å². The quantitative estimate of drug-likeness (QED) is 0.0903. The van der Waals surface area contributed by atoms with Crippen LogP contribution in [0.1, 0.15) is 128 Å². The molecule has 8 aromatic carbocycles. The fraction of sp³-hybridized carbons (Fsp3) is 0.233. The number of fused-ring (bicyclic) bond motifs is 3. The van der Waals surface area contributed by atoms with E-state index in [1.54, 1.807) is 0 Å². The minimum atomic E-state index is -0.528. The van der Waals surface area contributed by atoms with Gasteiger partial charge in [0.1, 0.15) is 5.82 Å². The first-order valence-electron chi connectivity index (χ1n) is 27.4. The van der Waals surface area contributed by atoms with Gasteiger partial charge in [-0.15, -0.1) is 29.7 Å². The topological polar surface area (TPSA) is 35.9 Å². The van der Waals surface area contributed by atoms with Gasteiger partial charge in [0, 0.05) is 60.5 Å². The first kappa shape index (κ1) is 54.8. The number of rotatable bonds is 12. The van der Waals surface area contributed by atoms with Crippen molar-refractivity contribution in [2.24, 2.45) is 0 Å². The molecule has 0 saturated carbocycles. The van der Waals surface area contributed by atoms with Crippen molar-refractivity contribution in [1.29, 1.82) is 0 Å². The zero-order valence-electron chi connectivity index (χ0n) is 47.6. The van der Waals surface area contributed by atoms with Crippen LogP contribution in [0.5, 0.6) is 11.5 Å². The Kier molecular flexibility index (Phi) is 14.5. The third-order valence-corrected chi connectivity index (χ3v) is 16.1. The monoisotopic (exact) mass is 1210 g/mol. The van der Waals surface area contributed by atoms with Gasteiger partial charge in [-0.05, 0) is 96.7 Å². The van der Waals surface area contributed by atoms with Crippen molar-refractivity contribution in [1.82, 2.24) is 14.1 Å². The SMILES string of the molecule is CC(C)(C)c1cc(-c2ccccc2)cc(-[n+]2[c-]n(-c3[c-]c(Oc4[c-]c5c(cc4)c4cc(C(C)(C)c6ccccc6)ccc4n5-c4cc(C(C)(C)C)ccn4)ccc3)c(C(C)(C)c3ccccc3)c2C(C)(C)c2ccccc2)c1.[Pt]. The Morgan fingerprint density at radius 1 is 0.443 bits per heavy atom. The van der Waals surface area contributed by atoms with Crippen molar-refractivity contribution in [3.8, 4) is 39.8 Å². The first-order chi connectivity index (χ1) is 37.2. The van der Waals surface area contributed by atoms with E-state index in [2.05, 4.69) is 303 Å². The molecule has 0 saturated heterocycles. The molecule has 11 aromatic rings. The van der Waals surface area contributed by atoms with Crippen molar-refractivity contribution < 1.29 is 30.4 Å². The Bertz CT molecular complexity index is 3970. The molecule has 11 rings (SSSR count). The Balaban J connectivity index is 0.00000704. The van der Waals surface area contributed by atoms with Crippen LogP contribution in [0.4, 0.5) is 0 Å². The van der Waals surface area contributed by atoms with Gasteiger partial charge in [0.25, 0.3) is 6.33 Å². The molecular weight excluding hydrogens is 1140 g/mol. The average molecular weight is 1210 g/mol. The van der Waals surface area contributed by atoms with Crippen LogP contribution in [0.15, 0.2) is 206 Å². The molecule has 0 N–H and O–H groups in total. The average Bonchev–Trinajstić information content (AvgIpc) is 4.26. The maximum atomic E-state index is 6.96. The normalized spacial score (nSPS) is 12.5. The minimum absolute atomic E-state index is 0. The van der Waals surface area contributed by atoms with E-state index >= 15 is 0 Å². The summed E-state index contributed by atoms with van der Waals surface area (Å²) in [6, 6.07) is 79.3. The molecule has 6 heteroatoms. The summed E-state index contributed by atoms with van der Waals surface area (Å²) in [6.07, 6.45) is 5.94. The summed E-state index contributed by atoms with van der Waals surface area (Å²) < 4.78 is 13.8. The zero-order chi connectivity index (χ0) is 54.8. The first-order valence-corrected chi connectivity index (χ1v) is 27.4. The van der Waals surface area contributed by atoms with Gasteiger partial charge >= 0.3 is 0 Å². The third kappa shape index (κ3) is 10.4. The van der Waals surface area contributed by atoms with Gasteiger partial charge in [0.15, 0.2) is 0 Å². The van der Waals surface area contributed by atoms with Crippen LogP contribution >= 0.6 is 0 Å². The predicted molar refractivity (Wildman–Crippen MR) is 321 cm³/mol. The molecule has 5 nitrogen and oxygen atoms in total. The summed E-state index contributed by atoms with van der Waals surface area (Å²) in [5.74, 6) is 1.97. The maximum Gasteiger partial charge on any atom is 0.267 e. The fourth-order valence-electron chi connectivity index (χ4n) is 11.3. The molecular formula is C73H70N4OPt-2. The van der Waals surface area contributed by atoms with E-state index in [-0.39, 0.29) is 37.3 Å². The van der Waals surface area contributed by atoms with Crippen molar-refractivity contribution in [2.45, 2.75) is 110 Å². The van der Waals surface area contributed by atoms with E-state index in [1.165, 1.54) is 38.9 Å². The molecule has 0 bridgehead atoms. The van der Waals surface area contributed by atoms with E-state index in [0.29, 0.717) is 11.5 Å². The molecule has 0 amide bonds. The Morgan fingerprint density at radius 3 is 1.65 bits per heavy atom. The van der Waals surface area contributed by atoms with Crippen LogP contribution in [0.3, 0.4) is 0 Å². The molecule has 0 aliphatic carbocycles. The van der Waals surface area contributed by atoms with Crippen molar-refractivity contribution in [2.75, 3.05) is 0 Å². The molecule has 0 spiro atoms. The molecule has 400 valence electrons. The van der Waals surface area contributed by atoms with E-state index < -0.39 is 10.8 Å². The molecule has 0 unspecified atom stereocenters. The fourth-order valence-corrected chi connectivity index (χ4v) is 11.3. The third-order valence-electron chi connectivity index (χ3n) is 16.1. The maximum absolute atomic E-state index is 6.96. The standard InChI is InChI=1S/C73H70N4O.Pt/c1-69(2,3)55-40-41-74-66(46-55)77-64-39-36-56(71(7,8)52-28-19-14-20-29-52)45-63(64)62-38-37-61(48-65(62)77)78-60-35-25-34-58(47-60)75-49-76(59-43-51(50-26-17-13-18-27-50)42-57(44-59)70(4,5)6)68(73(11,12)54-32-23-16-24-33-54)67(75)72(9,10)53-30-21-15-22-31-53;/h13-46H,1-12H3;/q-2;. The Labute approximate surface area is 482 Å². The van der Waals surface area contributed by atoms with Gasteiger partial charge in [-0.25, -0.2) is 4.98 Å². The van der Waals surface area contributed by atoms with Gasteiger partial charge in [0.05, 0.1) is 17.1 Å². The van der Waals surface area contributed by atoms with Gasteiger partial charge < -0.3 is 13.9 Å². The van der Waals surface area contributed by atoms with E-state index in [4.69, 9.17) is 9.72 Å². The predicted octanol–water partition coefficient (Wildman–Crippen LogP) is 17.7. The summed E-state index contributed by atoms with van der Waals surface area (Å²) in [6.45, 7) is 27.6. The molecule has 0 atom stereocenters. The van der Waals surface area contributed by atoms with Gasteiger partial charge in [0.2, 0.25) is 0 Å². The Morgan fingerprint density at radius 2 is 1.03 bits per heavy atom. The Hall–Kier alpha value is -7.59. The summed E-state index contributed by atoms with van der Waals surface area (Å²) in [5, 5.41) is 2.21. The number of nitrogens with zero attached hydrogens (tertiary/aromatic N) is 4. The molecule has 3 heterocycles. The van der Waals surface area contributed by atoms with Crippen LogP contribution < -0.4 is 9.30 Å². The van der Waals surface area contributed by atoms with Gasteiger partial charge in [-0.2, -0.15) is 18.2 Å². The molecule has 3 aromatic heterocycles. The number of hydrogen-bond donors (Lipinski definition) is 0. The minimum Gasteiger partial charge on any atom is -0.510 e. The number of ether oxygens (including phenoxy) is 1. The van der Waals surface area contributed by atoms with E-state index in [9.17, 15) is 0 Å². The van der Waals surface area contributed by atoms with Crippen LogP contribution in [0.2, 0.25) is 0 Å². The second-order valence-electron chi connectivity index (χ2n) is 24.6. The molecule has 0 aliphatic rings. The summed E-state index contributed by atoms with van der Waals surface area (Å²) in [7, 11) is 0. The summed E-state index contributed by atoms with van der Waals surface area (Å²) in [5.41, 5.74) is 14.2. The molecule has 0 fully saturated rings. The number of pyridine rings is 1. The summed E-state index contributed by atoms with van der Waals surface area (Å²) >= 11 is 0.